The van der Waals surface area contributed by atoms with Crippen LogP contribution in [-0.2, 0) is 11.3 Å². The molecular weight excluding hydrogens is 202 g/mol. The highest BCUT2D eigenvalue weighted by Crippen LogP contribution is 2.23. The van der Waals surface area contributed by atoms with Crippen LogP contribution < -0.4 is 11.1 Å². The summed E-state index contributed by atoms with van der Waals surface area (Å²) in [6.45, 7) is 0.560. The van der Waals surface area contributed by atoms with Crippen molar-refractivity contribution in [2.75, 3.05) is 0 Å². The summed E-state index contributed by atoms with van der Waals surface area (Å²) in [6, 6.07) is 3.83. The van der Waals surface area contributed by atoms with Crippen molar-refractivity contribution in [2.45, 2.75) is 31.8 Å². The van der Waals surface area contributed by atoms with E-state index >= 15 is 0 Å². The number of hydrogen-bond donors (Lipinski definition) is 2. The molecule has 2 atom stereocenters. The quantitative estimate of drug-likeness (QED) is 0.791. The summed E-state index contributed by atoms with van der Waals surface area (Å²) in [4.78, 5) is 15.8. The van der Waals surface area contributed by atoms with Crippen LogP contribution in [0.2, 0.25) is 0 Å². The van der Waals surface area contributed by atoms with Gasteiger partial charge in [-0.15, -0.1) is 0 Å². The van der Waals surface area contributed by atoms with Crippen molar-refractivity contribution >= 4 is 5.91 Å². The van der Waals surface area contributed by atoms with Gasteiger partial charge in [0.25, 0.3) is 0 Å². The molecule has 0 radical (unpaired) electrons. The smallest absolute Gasteiger partial charge is 0.224 e. The molecule has 16 heavy (non-hydrogen) atoms. The minimum Gasteiger partial charge on any atom is -0.352 e. The fraction of sp³-hybridized carbons (Fsp3) is 0.500. The molecule has 1 aromatic heterocycles. The van der Waals surface area contributed by atoms with Crippen molar-refractivity contribution in [3.63, 3.8) is 0 Å². The van der Waals surface area contributed by atoms with Gasteiger partial charge in [0.05, 0.1) is 5.92 Å². The normalized spacial score (nSPS) is 24.3. The minimum atomic E-state index is 0.00170. The zero-order valence-corrected chi connectivity index (χ0v) is 9.23. The molecule has 1 aliphatic carbocycles. The number of aromatic nitrogens is 1. The van der Waals surface area contributed by atoms with Crippen molar-refractivity contribution in [1.29, 1.82) is 0 Å². The molecule has 1 amide bonds. The van der Waals surface area contributed by atoms with E-state index in [1.807, 2.05) is 12.1 Å². The Morgan fingerprint density at radius 2 is 2.19 bits per heavy atom. The summed E-state index contributed by atoms with van der Waals surface area (Å²) in [5.74, 6) is 0.0867. The van der Waals surface area contributed by atoms with E-state index in [2.05, 4.69) is 10.3 Å². The van der Waals surface area contributed by atoms with Gasteiger partial charge in [-0.2, -0.15) is 0 Å². The summed E-state index contributed by atoms with van der Waals surface area (Å²) >= 11 is 0. The average molecular weight is 219 g/mol. The summed E-state index contributed by atoms with van der Waals surface area (Å²) in [7, 11) is 0. The number of rotatable bonds is 3. The summed E-state index contributed by atoms with van der Waals surface area (Å²) in [5, 5.41) is 2.92. The summed E-state index contributed by atoms with van der Waals surface area (Å²) < 4.78 is 0. The van der Waals surface area contributed by atoms with Gasteiger partial charge in [-0.3, -0.25) is 9.78 Å². The fourth-order valence-electron chi connectivity index (χ4n) is 2.14. The SMILES string of the molecule is NC1CCCC1C(=O)NCc1ccncc1. The van der Waals surface area contributed by atoms with Crippen LogP contribution in [0.3, 0.4) is 0 Å². The first-order valence-electron chi connectivity index (χ1n) is 5.69. The predicted molar refractivity (Wildman–Crippen MR) is 61.4 cm³/mol. The van der Waals surface area contributed by atoms with Gasteiger partial charge in [-0.25, -0.2) is 0 Å². The van der Waals surface area contributed by atoms with Gasteiger partial charge in [-0.05, 0) is 30.5 Å². The predicted octanol–water partition coefficient (Wildman–Crippen LogP) is 0.825. The summed E-state index contributed by atoms with van der Waals surface area (Å²) in [5.41, 5.74) is 6.94. The van der Waals surface area contributed by atoms with E-state index in [1.165, 1.54) is 0 Å². The highest BCUT2D eigenvalue weighted by Gasteiger charge is 2.29. The molecule has 2 unspecified atom stereocenters. The fourth-order valence-corrected chi connectivity index (χ4v) is 2.14. The largest absolute Gasteiger partial charge is 0.352 e. The van der Waals surface area contributed by atoms with Crippen LogP contribution in [0.15, 0.2) is 24.5 Å². The van der Waals surface area contributed by atoms with E-state index in [1.54, 1.807) is 12.4 Å². The molecular formula is C12H17N3O. The van der Waals surface area contributed by atoms with Gasteiger partial charge in [-0.1, -0.05) is 6.42 Å². The summed E-state index contributed by atoms with van der Waals surface area (Å²) in [6.07, 6.45) is 6.40. The lowest BCUT2D eigenvalue weighted by Crippen LogP contribution is -2.38. The van der Waals surface area contributed by atoms with Crippen LogP contribution in [0.5, 0.6) is 0 Å². The van der Waals surface area contributed by atoms with Crippen LogP contribution >= 0.6 is 0 Å². The molecule has 86 valence electrons. The molecule has 3 N–H and O–H groups in total. The van der Waals surface area contributed by atoms with Crippen LogP contribution in [0, 0.1) is 5.92 Å². The average Bonchev–Trinajstić information content (AvgIpc) is 2.74. The van der Waals surface area contributed by atoms with E-state index in [0.29, 0.717) is 6.54 Å². The number of nitrogens with one attached hydrogen (secondary N) is 1. The molecule has 1 aliphatic rings. The second-order valence-electron chi connectivity index (χ2n) is 4.27. The molecule has 1 heterocycles. The first kappa shape index (κ1) is 11.1. The number of pyridine rings is 1. The van der Waals surface area contributed by atoms with Gasteiger partial charge in [0.1, 0.15) is 0 Å². The molecule has 1 fully saturated rings. The van der Waals surface area contributed by atoms with Gasteiger partial charge in [0.15, 0.2) is 0 Å². The van der Waals surface area contributed by atoms with E-state index in [9.17, 15) is 4.79 Å². The van der Waals surface area contributed by atoms with Gasteiger partial charge < -0.3 is 11.1 Å². The van der Waals surface area contributed by atoms with Crippen molar-refractivity contribution in [1.82, 2.24) is 10.3 Å². The van der Waals surface area contributed by atoms with E-state index in [4.69, 9.17) is 5.73 Å². The van der Waals surface area contributed by atoms with E-state index in [-0.39, 0.29) is 17.9 Å². The van der Waals surface area contributed by atoms with Gasteiger partial charge in [0, 0.05) is 25.0 Å². The monoisotopic (exact) mass is 219 g/mol. The molecule has 0 spiro atoms. The second-order valence-corrected chi connectivity index (χ2v) is 4.27. The number of hydrogen-bond acceptors (Lipinski definition) is 3. The standard InChI is InChI=1S/C12H17N3O/c13-11-3-1-2-10(11)12(16)15-8-9-4-6-14-7-5-9/h4-7,10-11H,1-3,8,13H2,(H,15,16). The third kappa shape index (κ3) is 2.58. The zero-order valence-electron chi connectivity index (χ0n) is 9.23. The van der Waals surface area contributed by atoms with Crippen LogP contribution in [0.1, 0.15) is 24.8 Å². The van der Waals surface area contributed by atoms with Crippen molar-refractivity contribution in [3.8, 4) is 0 Å². The molecule has 0 aliphatic heterocycles. The third-order valence-corrected chi connectivity index (χ3v) is 3.12. The molecule has 1 aromatic rings. The number of nitrogens with zero attached hydrogens (tertiary/aromatic N) is 1. The van der Waals surface area contributed by atoms with Gasteiger partial charge >= 0.3 is 0 Å². The first-order valence-corrected chi connectivity index (χ1v) is 5.69. The molecule has 1 saturated carbocycles. The lowest BCUT2D eigenvalue weighted by molar-refractivity contribution is -0.125. The number of nitrogens with two attached hydrogens (primary N) is 1. The highest BCUT2D eigenvalue weighted by molar-refractivity contribution is 5.79. The highest BCUT2D eigenvalue weighted by atomic mass is 16.1. The zero-order chi connectivity index (χ0) is 11.4. The van der Waals surface area contributed by atoms with Gasteiger partial charge in [0.2, 0.25) is 5.91 Å². The second kappa shape index (κ2) is 5.07. The van der Waals surface area contributed by atoms with Crippen LogP contribution in [0.25, 0.3) is 0 Å². The Balaban J connectivity index is 1.84. The topological polar surface area (TPSA) is 68.0 Å². The third-order valence-electron chi connectivity index (χ3n) is 3.12. The lowest BCUT2D eigenvalue weighted by Gasteiger charge is -2.14. The molecule has 0 aromatic carbocycles. The number of carbonyl (C=O) groups excluding carboxylic acids is 1. The Hall–Kier alpha value is -1.42. The van der Waals surface area contributed by atoms with Crippen molar-refractivity contribution in [2.24, 2.45) is 11.7 Å². The lowest BCUT2D eigenvalue weighted by atomic mass is 10.0. The minimum absolute atomic E-state index is 0.00170. The van der Waals surface area contributed by atoms with Crippen molar-refractivity contribution in [3.05, 3.63) is 30.1 Å². The van der Waals surface area contributed by atoms with Crippen LogP contribution in [0.4, 0.5) is 0 Å². The molecule has 0 saturated heterocycles. The maximum absolute atomic E-state index is 11.8. The van der Waals surface area contributed by atoms with Crippen LogP contribution in [-0.4, -0.2) is 16.9 Å². The van der Waals surface area contributed by atoms with E-state index < -0.39 is 0 Å². The number of amides is 1. The Bertz CT molecular complexity index is 353. The van der Waals surface area contributed by atoms with E-state index in [0.717, 1.165) is 24.8 Å². The maximum Gasteiger partial charge on any atom is 0.224 e. The Morgan fingerprint density at radius 1 is 1.44 bits per heavy atom. The Morgan fingerprint density at radius 3 is 2.81 bits per heavy atom. The van der Waals surface area contributed by atoms with Crippen molar-refractivity contribution < 1.29 is 4.79 Å². The Labute approximate surface area is 95.3 Å². The molecule has 4 heteroatoms. The molecule has 0 bridgehead atoms. The number of carbonyl (C=O) groups is 1. The maximum atomic E-state index is 11.8. The Kier molecular flexibility index (Phi) is 3.51. The molecule has 2 rings (SSSR count). The molecule has 4 nitrogen and oxygen atoms in total. The first-order chi connectivity index (χ1) is 7.77.